The highest BCUT2D eigenvalue weighted by Gasteiger charge is 2.38. The maximum Gasteiger partial charge on any atom is 0.418 e. The topological polar surface area (TPSA) is 100 Å². The Balaban J connectivity index is 1.14. The van der Waals surface area contributed by atoms with Crippen LogP contribution >= 0.6 is 11.6 Å². The third kappa shape index (κ3) is 7.46. The van der Waals surface area contributed by atoms with E-state index < -0.39 is 23.8 Å². The molecule has 0 aromatic heterocycles. The number of piperidine rings is 2. The summed E-state index contributed by atoms with van der Waals surface area (Å²) in [4.78, 5) is 48.1. The number of carbonyl (C=O) groups is 3. The smallest absolute Gasteiger partial charge is 0.386 e. The lowest BCUT2D eigenvalue weighted by molar-refractivity contribution is -0.137. The second-order valence-electron chi connectivity index (χ2n) is 13.2. The van der Waals surface area contributed by atoms with Crippen LogP contribution in [0.25, 0.3) is 0 Å². The van der Waals surface area contributed by atoms with E-state index in [-0.39, 0.29) is 40.7 Å². The van der Waals surface area contributed by atoms with Gasteiger partial charge in [-0.15, -0.1) is 0 Å². The minimum atomic E-state index is -4.67. The number of anilines is 2. The first-order valence-electron chi connectivity index (χ1n) is 16.8. The molecule has 1 atom stereocenters. The minimum Gasteiger partial charge on any atom is -0.386 e. The molecule has 4 aliphatic heterocycles. The van der Waals surface area contributed by atoms with Crippen molar-refractivity contribution in [2.75, 3.05) is 56.9 Å². The van der Waals surface area contributed by atoms with E-state index in [0.717, 1.165) is 43.2 Å². The summed E-state index contributed by atoms with van der Waals surface area (Å²) in [5, 5.41) is 8.23. The summed E-state index contributed by atoms with van der Waals surface area (Å²) >= 11 is 6.28. The SMILES string of the molecule is CNc1c(Cl)cc(C[C@@H](NC(=O)N2CCC(N3Cc4ccccc4NC3=O)CC2)C(=O)N2CCC(N3CCCC3)CC2)cc1C(F)(F)F. The Morgan fingerprint density at radius 3 is 2.27 bits per heavy atom. The Kier molecular flexibility index (Phi) is 10.3. The van der Waals surface area contributed by atoms with Crippen molar-refractivity contribution in [1.82, 2.24) is 24.9 Å². The number of halogens is 4. The first-order chi connectivity index (χ1) is 23.0. The number of hydrogen-bond acceptors (Lipinski definition) is 5. The molecule has 0 spiro atoms. The summed E-state index contributed by atoms with van der Waals surface area (Å²) in [6.07, 6.45) is 0.286. The van der Waals surface area contributed by atoms with Gasteiger partial charge in [-0.05, 0) is 80.9 Å². The highest BCUT2D eigenvalue weighted by atomic mass is 35.5. The fraction of sp³-hybridized carbons (Fsp3) is 0.559. The van der Waals surface area contributed by atoms with Crippen LogP contribution in [-0.4, -0.2) is 102 Å². The zero-order valence-electron chi connectivity index (χ0n) is 27.1. The van der Waals surface area contributed by atoms with Crippen molar-refractivity contribution in [1.29, 1.82) is 0 Å². The van der Waals surface area contributed by atoms with Crippen LogP contribution in [-0.2, 0) is 23.9 Å². The number of amides is 5. The van der Waals surface area contributed by atoms with E-state index >= 15 is 0 Å². The summed E-state index contributed by atoms with van der Waals surface area (Å²) in [6, 6.07) is 8.71. The van der Waals surface area contributed by atoms with Crippen molar-refractivity contribution in [2.24, 2.45) is 0 Å². The molecule has 3 N–H and O–H groups in total. The first kappa shape index (κ1) is 34.2. The number of likely N-dealkylation sites (tertiary alicyclic amines) is 3. The predicted molar refractivity (Wildman–Crippen MR) is 178 cm³/mol. The molecule has 0 bridgehead atoms. The van der Waals surface area contributed by atoms with Gasteiger partial charge in [0.15, 0.2) is 0 Å². The number of hydrogen-bond donors (Lipinski definition) is 3. The third-order valence-corrected chi connectivity index (χ3v) is 10.5. The molecule has 2 aromatic rings. The predicted octanol–water partition coefficient (Wildman–Crippen LogP) is 5.62. The number of nitrogens with one attached hydrogen (secondary N) is 3. The minimum absolute atomic E-state index is 0.0645. The van der Waals surface area contributed by atoms with Gasteiger partial charge in [0, 0.05) is 64.0 Å². The van der Waals surface area contributed by atoms with Crippen LogP contribution in [0.4, 0.5) is 34.1 Å². The van der Waals surface area contributed by atoms with Gasteiger partial charge in [-0.2, -0.15) is 13.2 Å². The van der Waals surface area contributed by atoms with Crippen LogP contribution < -0.4 is 16.0 Å². The number of nitrogens with zero attached hydrogens (tertiary/aromatic N) is 4. The van der Waals surface area contributed by atoms with Gasteiger partial charge in [-0.3, -0.25) is 4.79 Å². The Labute approximate surface area is 283 Å². The number of urea groups is 2. The standard InChI is InChI=1S/C34H43ClF3N7O3/c1-39-30-26(34(36,37)38)18-22(19-27(30)35)20-29(31(46)43-14-8-24(9-15-43)42-12-4-5-13-42)41-32(47)44-16-10-25(11-17-44)45-21-23-6-2-3-7-28(23)40-33(45)48/h2-3,6-7,18-19,24-25,29,39H,4-5,8-17,20-21H2,1H3,(H,40,48)(H,41,47)/t29-/m1/s1. The van der Waals surface area contributed by atoms with E-state index in [2.05, 4.69) is 20.9 Å². The fourth-order valence-electron chi connectivity index (χ4n) is 7.61. The van der Waals surface area contributed by atoms with Gasteiger partial charge in [0.2, 0.25) is 5.91 Å². The van der Waals surface area contributed by atoms with Crippen LogP contribution in [0.15, 0.2) is 36.4 Å². The summed E-state index contributed by atoms with van der Waals surface area (Å²) in [5.74, 6) is -0.316. The van der Waals surface area contributed by atoms with Crippen LogP contribution in [0.5, 0.6) is 0 Å². The monoisotopic (exact) mass is 689 g/mol. The molecule has 3 fully saturated rings. The van der Waals surface area contributed by atoms with E-state index in [1.807, 2.05) is 24.3 Å². The number of benzene rings is 2. The van der Waals surface area contributed by atoms with Crippen molar-refractivity contribution in [3.05, 3.63) is 58.1 Å². The number of para-hydroxylation sites is 1. The molecule has 2 aromatic carbocycles. The Bertz CT molecular complexity index is 1500. The number of carbonyl (C=O) groups excluding carboxylic acids is 3. The molecule has 48 heavy (non-hydrogen) atoms. The molecule has 3 saturated heterocycles. The van der Waals surface area contributed by atoms with Crippen molar-refractivity contribution >= 4 is 40.9 Å². The molecular formula is C34H43ClF3N7O3. The first-order valence-corrected chi connectivity index (χ1v) is 17.2. The molecule has 0 unspecified atom stereocenters. The van der Waals surface area contributed by atoms with E-state index in [1.165, 1.54) is 26.0 Å². The van der Waals surface area contributed by atoms with E-state index in [0.29, 0.717) is 51.6 Å². The number of fused-ring (bicyclic) bond motifs is 1. The quantitative estimate of drug-likeness (QED) is 0.351. The fourth-order valence-corrected chi connectivity index (χ4v) is 7.95. The van der Waals surface area contributed by atoms with E-state index in [9.17, 15) is 27.6 Å². The molecule has 4 aliphatic rings. The van der Waals surface area contributed by atoms with Crippen molar-refractivity contribution in [3.8, 4) is 0 Å². The maximum absolute atomic E-state index is 14.0. The molecule has 5 amide bonds. The summed E-state index contributed by atoms with van der Waals surface area (Å²) in [7, 11) is 1.37. The van der Waals surface area contributed by atoms with E-state index in [4.69, 9.17) is 11.6 Å². The normalized spacial score (nSPS) is 20.4. The van der Waals surface area contributed by atoms with Crippen molar-refractivity contribution < 1.29 is 27.6 Å². The zero-order valence-corrected chi connectivity index (χ0v) is 27.9. The molecule has 0 aliphatic carbocycles. The maximum atomic E-state index is 14.0. The molecule has 10 nitrogen and oxygen atoms in total. The summed E-state index contributed by atoms with van der Waals surface area (Å²) < 4.78 is 41.9. The molecular weight excluding hydrogens is 647 g/mol. The van der Waals surface area contributed by atoms with Gasteiger partial charge in [-0.1, -0.05) is 29.8 Å². The van der Waals surface area contributed by atoms with Gasteiger partial charge in [0.25, 0.3) is 0 Å². The highest BCUT2D eigenvalue weighted by molar-refractivity contribution is 6.33. The van der Waals surface area contributed by atoms with E-state index in [1.54, 1.807) is 14.7 Å². The van der Waals surface area contributed by atoms with Crippen LogP contribution in [0, 0.1) is 0 Å². The molecule has 0 radical (unpaired) electrons. The molecule has 4 heterocycles. The van der Waals surface area contributed by atoms with Gasteiger partial charge in [-0.25, -0.2) is 9.59 Å². The summed E-state index contributed by atoms with van der Waals surface area (Å²) in [6.45, 7) is 4.38. The lowest BCUT2D eigenvalue weighted by Gasteiger charge is -2.41. The lowest BCUT2D eigenvalue weighted by Crippen LogP contribution is -2.57. The van der Waals surface area contributed by atoms with Crippen molar-refractivity contribution in [2.45, 2.75) is 75.8 Å². The average Bonchev–Trinajstić information content (AvgIpc) is 3.62. The van der Waals surface area contributed by atoms with Crippen LogP contribution in [0.1, 0.15) is 55.2 Å². The molecule has 0 saturated carbocycles. The number of rotatable bonds is 7. The van der Waals surface area contributed by atoms with Gasteiger partial charge in [0.1, 0.15) is 6.04 Å². The zero-order chi connectivity index (χ0) is 34.0. The molecule has 6 rings (SSSR count). The summed E-state index contributed by atoms with van der Waals surface area (Å²) in [5.41, 5.74) is 0.864. The Hall–Kier alpha value is -3.71. The number of alkyl halides is 3. The molecule has 260 valence electrons. The van der Waals surface area contributed by atoms with Gasteiger partial charge >= 0.3 is 18.2 Å². The van der Waals surface area contributed by atoms with Crippen LogP contribution in [0.2, 0.25) is 5.02 Å². The Morgan fingerprint density at radius 1 is 0.958 bits per heavy atom. The molecule has 14 heteroatoms. The van der Waals surface area contributed by atoms with Gasteiger partial charge in [0.05, 0.1) is 16.3 Å². The average molecular weight is 690 g/mol. The third-order valence-electron chi connectivity index (χ3n) is 10.2. The largest absolute Gasteiger partial charge is 0.418 e. The Morgan fingerprint density at radius 2 is 1.60 bits per heavy atom. The van der Waals surface area contributed by atoms with Crippen LogP contribution in [0.3, 0.4) is 0 Å². The van der Waals surface area contributed by atoms with Crippen molar-refractivity contribution in [3.63, 3.8) is 0 Å². The second-order valence-corrected chi connectivity index (χ2v) is 13.6. The highest BCUT2D eigenvalue weighted by Crippen LogP contribution is 2.40. The second kappa shape index (κ2) is 14.4. The van der Waals surface area contributed by atoms with Gasteiger partial charge < -0.3 is 35.6 Å². The lowest BCUT2D eigenvalue weighted by atomic mass is 9.98.